The first kappa shape index (κ1) is 24.5. The molecule has 8 heteroatoms. The summed E-state index contributed by atoms with van der Waals surface area (Å²) in [6.45, 7) is 5.32. The maximum absolute atomic E-state index is 13.3. The Morgan fingerprint density at radius 2 is 1.91 bits per heavy atom. The second-order valence-electron chi connectivity index (χ2n) is 8.55. The average molecular weight is 475 g/mol. The van der Waals surface area contributed by atoms with Gasteiger partial charge in [0.1, 0.15) is 23.2 Å². The van der Waals surface area contributed by atoms with Gasteiger partial charge in [-0.05, 0) is 51.1 Å². The highest BCUT2D eigenvalue weighted by Gasteiger charge is 2.23. The van der Waals surface area contributed by atoms with Crippen LogP contribution in [0.1, 0.15) is 48.2 Å². The van der Waals surface area contributed by atoms with Gasteiger partial charge in [-0.1, -0.05) is 36.4 Å². The van der Waals surface area contributed by atoms with Crippen LogP contribution in [0.25, 0.3) is 0 Å². The molecule has 1 aliphatic heterocycles. The quantitative estimate of drug-likeness (QED) is 0.377. The number of benzene rings is 2. The van der Waals surface area contributed by atoms with Gasteiger partial charge in [-0.3, -0.25) is 4.79 Å². The van der Waals surface area contributed by atoms with Gasteiger partial charge in [0, 0.05) is 44.0 Å². The van der Waals surface area contributed by atoms with Crippen molar-refractivity contribution in [1.82, 2.24) is 15.3 Å². The molecule has 0 radical (unpaired) electrons. The number of nitrogens with zero attached hydrogens (tertiary/aromatic N) is 3. The van der Waals surface area contributed by atoms with Crippen LogP contribution >= 0.6 is 0 Å². The zero-order chi connectivity index (χ0) is 24.5. The Balaban J connectivity index is 1.52. The van der Waals surface area contributed by atoms with Gasteiger partial charge in [-0.2, -0.15) is 4.98 Å². The Labute approximate surface area is 207 Å². The molecule has 8 nitrogen and oxygen atoms in total. The third kappa shape index (κ3) is 6.48. The lowest BCUT2D eigenvalue weighted by atomic mass is 10.1. The summed E-state index contributed by atoms with van der Waals surface area (Å²) in [6.07, 6.45) is 4.53. The fourth-order valence-corrected chi connectivity index (χ4v) is 4.19. The summed E-state index contributed by atoms with van der Waals surface area (Å²) in [5.41, 5.74) is 2.25. The summed E-state index contributed by atoms with van der Waals surface area (Å²) in [5.74, 6) is 1.68. The summed E-state index contributed by atoms with van der Waals surface area (Å²) in [6, 6.07) is 17.7. The second-order valence-corrected chi connectivity index (χ2v) is 8.55. The minimum absolute atomic E-state index is 0.0941. The molecule has 3 aromatic rings. The minimum atomic E-state index is -0.234. The van der Waals surface area contributed by atoms with E-state index in [0.29, 0.717) is 28.8 Å². The third-order valence-electron chi connectivity index (χ3n) is 5.95. The molecule has 3 N–H and O–H groups in total. The average Bonchev–Trinajstić information content (AvgIpc) is 3.42. The van der Waals surface area contributed by atoms with E-state index in [2.05, 4.69) is 43.0 Å². The number of hydrogen-bond donors (Lipinski definition) is 3. The number of nitrogens with one attached hydrogen (secondary N) is 3. The van der Waals surface area contributed by atoms with Crippen molar-refractivity contribution < 1.29 is 9.53 Å². The molecule has 1 saturated heterocycles. The number of aromatic nitrogens is 2. The van der Waals surface area contributed by atoms with E-state index in [0.717, 1.165) is 51.0 Å². The molecule has 0 saturated carbocycles. The van der Waals surface area contributed by atoms with E-state index in [1.807, 2.05) is 56.4 Å². The van der Waals surface area contributed by atoms with Crippen LogP contribution in [0.3, 0.4) is 0 Å². The zero-order valence-corrected chi connectivity index (χ0v) is 20.5. The lowest BCUT2D eigenvalue weighted by Gasteiger charge is -2.21. The van der Waals surface area contributed by atoms with Gasteiger partial charge in [-0.25, -0.2) is 4.98 Å². The van der Waals surface area contributed by atoms with Crippen molar-refractivity contribution in [3.63, 3.8) is 0 Å². The first-order chi connectivity index (χ1) is 17.2. The lowest BCUT2D eigenvalue weighted by molar-refractivity contribution is 0.102. The molecule has 4 rings (SSSR count). The molecule has 2 aromatic carbocycles. The summed E-state index contributed by atoms with van der Waals surface area (Å²) in [7, 11) is 1.93. The molecule has 2 heterocycles. The number of ether oxygens (including phenoxy) is 1. The normalized spacial score (nSPS) is 13.9. The number of hydrogen-bond acceptors (Lipinski definition) is 7. The van der Waals surface area contributed by atoms with Crippen molar-refractivity contribution in [3.05, 3.63) is 71.9 Å². The molecular formula is C27H34N6O2. The van der Waals surface area contributed by atoms with Crippen molar-refractivity contribution in [2.75, 3.05) is 48.8 Å². The molecule has 1 unspecified atom stereocenters. The lowest BCUT2D eigenvalue weighted by Crippen LogP contribution is -2.25. The SMILES string of the molecule is CCNc1ncc(C(=O)Nc2cccc(OC(CCNC)c3ccccc3)c2)c(N2CCCC2)n1. The van der Waals surface area contributed by atoms with E-state index < -0.39 is 0 Å². The Morgan fingerprint density at radius 1 is 1.11 bits per heavy atom. The Hall–Kier alpha value is -3.65. The highest BCUT2D eigenvalue weighted by molar-refractivity contribution is 6.07. The zero-order valence-electron chi connectivity index (χ0n) is 20.5. The maximum Gasteiger partial charge on any atom is 0.261 e. The molecule has 184 valence electrons. The maximum atomic E-state index is 13.3. The van der Waals surface area contributed by atoms with Crippen LogP contribution in [0.2, 0.25) is 0 Å². The molecule has 1 fully saturated rings. The summed E-state index contributed by atoms with van der Waals surface area (Å²) < 4.78 is 6.35. The number of anilines is 3. The number of carbonyl (C=O) groups excluding carboxylic acids is 1. The van der Waals surface area contributed by atoms with E-state index in [-0.39, 0.29) is 12.0 Å². The van der Waals surface area contributed by atoms with Gasteiger partial charge in [0.05, 0.1) is 0 Å². The van der Waals surface area contributed by atoms with Crippen LogP contribution in [0.4, 0.5) is 17.5 Å². The van der Waals surface area contributed by atoms with Crippen molar-refractivity contribution in [1.29, 1.82) is 0 Å². The first-order valence-corrected chi connectivity index (χ1v) is 12.3. The molecule has 1 aromatic heterocycles. The molecule has 0 spiro atoms. The van der Waals surface area contributed by atoms with Crippen molar-refractivity contribution in [2.45, 2.75) is 32.3 Å². The standard InChI is InChI=1S/C27H34N6O2/c1-3-29-27-30-19-23(25(32-27)33-16-7-8-17-33)26(34)31-21-12-9-13-22(18-21)35-24(14-15-28-2)20-10-5-4-6-11-20/h4-6,9-13,18-19,24,28H,3,7-8,14-17H2,1-2H3,(H,31,34)(H,29,30,32). The minimum Gasteiger partial charge on any atom is -0.486 e. The molecule has 35 heavy (non-hydrogen) atoms. The molecule has 0 aliphatic carbocycles. The van der Waals surface area contributed by atoms with Crippen molar-refractivity contribution in [2.24, 2.45) is 0 Å². The second kappa shape index (κ2) is 12.2. The van der Waals surface area contributed by atoms with Crippen LogP contribution in [-0.4, -0.2) is 49.1 Å². The number of amides is 1. The van der Waals surface area contributed by atoms with Gasteiger partial charge < -0.3 is 25.6 Å². The fraction of sp³-hybridized carbons (Fsp3) is 0.370. The smallest absolute Gasteiger partial charge is 0.261 e. The van der Waals surface area contributed by atoms with Gasteiger partial charge in [0.25, 0.3) is 5.91 Å². The molecule has 0 bridgehead atoms. The van der Waals surface area contributed by atoms with E-state index >= 15 is 0 Å². The van der Waals surface area contributed by atoms with E-state index in [9.17, 15) is 4.79 Å². The molecule has 1 atom stereocenters. The first-order valence-electron chi connectivity index (χ1n) is 12.3. The summed E-state index contributed by atoms with van der Waals surface area (Å²) in [4.78, 5) is 24.4. The Morgan fingerprint density at radius 3 is 2.66 bits per heavy atom. The van der Waals surface area contributed by atoms with Crippen LogP contribution in [-0.2, 0) is 0 Å². The largest absolute Gasteiger partial charge is 0.486 e. The molecule has 1 amide bonds. The van der Waals surface area contributed by atoms with Crippen LogP contribution < -0.4 is 25.6 Å². The van der Waals surface area contributed by atoms with E-state index in [4.69, 9.17) is 4.74 Å². The highest BCUT2D eigenvalue weighted by atomic mass is 16.5. The third-order valence-corrected chi connectivity index (χ3v) is 5.95. The molecular weight excluding hydrogens is 440 g/mol. The number of carbonyl (C=O) groups is 1. The summed E-state index contributed by atoms with van der Waals surface area (Å²) in [5, 5.41) is 9.34. The monoisotopic (exact) mass is 474 g/mol. The van der Waals surface area contributed by atoms with E-state index in [1.54, 1.807) is 6.20 Å². The van der Waals surface area contributed by atoms with Crippen LogP contribution in [0.5, 0.6) is 5.75 Å². The van der Waals surface area contributed by atoms with Crippen LogP contribution in [0.15, 0.2) is 60.8 Å². The van der Waals surface area contributed by atoms with Crippen molar-refractivity contribution in [3.8, 4) is 5.75 Å². The predicted octanol–water partition coefficient (Wildman–Crippen LogP) is 4.49. The van der Waals surface area contributed by atoms with Gasteiger partial charge in [0.2, 0.25) is 5.95 Å². The summed E-state index contributed by atoms with van der Waals surface area (Å²) >= 11 is 0. The fourth-order valence-electron chi connectivity index (χ4n) is 4.19. The topological polar surface area (TPSA) is 91.4 Å². The Kier molecular flexibility index (Phi) is 8.51. The van der Waals surface area contributed by atoms with Crippen LogP contribution in [0, 0.1) is 0 Å². The van der Waals surface area contributed by atoms with Crippen molar-refractivity contribution >= 4 is 23.4 Å². The molecule has 1 aliphatic rings. The van der Waals surface area contributed by atoms with Gasteiger partial charge in [0.15, 0.2) is 0 Å². The number of rotatable bonds is 11. The van der Waals surface area contributed by atoms with E-state index in [1.165, 1.54) is 0 Å². The predicted molar refractivity (Wildman–Crippen MR) is 140 cm³/mol. The van der Waals surface area contributed by atoms with Gasteiger partial charge in [-0.15, -0.1) is 0 Å². The van der Waals surface area contributed by atoms with Gasteiger partial charge >= 0.3 is 0 Å². The highest BCUT2D eigenvalue weighted by Crippen LogP contribution is 2.28. The Bertz CT molecular complexity index is 1100.